The molecule has 0 bridgehead atoms. The van der Waals surface area contributed by atoms with Gasteiger partial charge in [0, 0.05) is 13.2 Å². The minimum Gasteiger partial charge on any atom is -0.378 e. The van der Waals surface area contributed by atoms with E-state index in [1.165, 1.54) is 24.8 Å². The largest absolute Gasteiger partial charge is 0.378 e. The van der Waals surface area contributed by atoms with E-state index in [9.17, 15) is 0 Å². The van der Waals surface area contributed by atoms with Gasteiger partial charge in [-0.05, 0) is 37.7 Å². The molecule has 1 saturated carbocycles. The first-order chi connectivity index (χ1) is 7.74. The van der Waals surface area contributed by atoms with E-state index in [-0.39, 0.29) is 11.6 Å². The molecule has 0 aliphatic heterocycles. The van der Waals surface area contributed by atoms with E-state index < -0.39 is 0 Å². The quantitative estimate of drug-likeness (QED) is 0.826. The molecule has 0 amide bonds. The van der Waals surface area contributed by atoms with Gasteiger partial charge in [-0.15, -0.1) is 0 Å². The number of hydrogen-bond donors (Lipinski definition) is 1. The normalized spacial score (nSPS) is 20.1. The lowest BCUT2D eigenvalue weighted by atomic mass is 9.75. The average molecular weight is 219 g/mol. The van der Waals surface area contributed by atoms with Gasteiger partial charge in [0.05, 0.1) is 5.60 Å². The van der Waals surface area contributed by atoms with E-state index in [2.05, 4.69) is 24.3 Å². The van der Waals surface area contributed by atoms with Crippen molar-refractivity contribution < 1.29 is 4.74 Å². The number of rotatable bonds is 5. The zero-order valence-electron chi connectivity index (χ0n) is 9.99. The van der Waals surface area contributed by atoms with Gasteiger partial charge >= 0.3 is 0 Å². The van der Waals surface area contributed by atoms with Gasteiger partial charge in [0.1, 0.15) is 0 Å². The molecule has 0 saturated heterocycles. The molecular formula is C14H21NO. The van der Waals surface area contributed by atoms with E-state index in [0.29, 0.717) is 0 Å². The summed E-state index contributed by atoms with van der Waals surface area (Å²) in [6, 6.07) is 10.7. The van der Waals surface area contributed by atoms with Crippen molar-refractivity contribution in [3.05, 3.63) is 35.9 Å². The maximum absolute atomic E-state index is 6.20. The highest BCUT2D eigenvalue weighted by Crippen LogP contribution is 2.38. The molecule has 2 heteroatoms. The Morgan fingerprint density at radius 3 is 2.50 bits per heavy atom. The molecule has 0 heterocycles. The SMILES string of the molecule is COC1(CC(N)Cc2ccccc2)CCC1. The van der Waals surface area contributed by atoms with Gasteiger partial charge < -0.3 is 10.5 Å². The Morgan fingerprint density at radius 1 is 1.31 bits per heavy atom. The predicted octanol–water partition coefficient (Wildman–Crippen LogP) is 2.52. The third-order valence-corrected chi connectivity index (χ3v) is 3.67. The van der Waals surface area contributed by atoms with E-state index >= 15 is 0 Å². The second-order valence-electron chi connectivity index (χ2n) is 4.89. The molecule has 2 N–H and O–H groups in total. The van der Waals surface area contributed by atoms with E-state index in [1.54, 1.807) is 0 Å². The summed E-state index contributed by atoms with van der Waals surface area (Å²) in [4.78, 5) is 0. The number of benzene rings is 1. The van der Waals surface area contributed by atoms with Crippen LogP contribution in [0, 0.1) is 0 Å². The van der Waals surface area contributed by atoms with Crippen molar-refractivity contribution in [2.24, 2.45) is 5.73 Å². The lowest BCUT2D eigenvalue weighted by Gasteiger charge is -2.42. The average Bonchev–Trinajstić information content (AvgIpc) is 2.25. The lowest BCUT2D eigenvalue weighted by molar-refractivity contribution is -0.0813. The van der Waals surface area contributed by atoms with Crippen LogP contribution >= 0.6 is 0 Å². The Kier molecular flexibility index (Phi) is 3.62. The number of ether oxygens (including phenoxy) is 1. The van der Waals surface area contributed by atoms with Crippen LogP contribution in [-0.4, -0.2) is 18.8 Å². The Balaban J connectivity index is 1.87. The summed E-state index contributed by atoms with van der Waals surface area (Å²) in [7, 11) is 1.81. The molecule has 1 aromatic rings. The topological polar surface area (TPSA) is 35.2 Å². The van der Waals surface area contributed by atoms with Crippen LogP contribution < -0.4 is 5.73 Å². The molecule has 1 aromatic carbocycles. The zero-order valence-corrected chi connectivity index (χ0v) is 9.99. The molecule has 0 spiro atoms. The fraction of sp³-hybridized carbons (Fsp3) is 0.571. The van der Waals surface area contributed by atoms with Gasteiger partial charge in [0.15, 0.2) is 0 Å². The second kappa shape index (κ2) is 4.98. The number of methoxy groups -OCH3 is 1. The molecule has 1 atom stereocenters. The van der Waals surface area contributed by atoms with Crippen LogP contribution in [0.4, 0.5) is 0 Å². The zero-order chi connectivity index (χ0) is 11.4. The van der Waals surface area contributed by atoms with Gasteiger partial charge in [-0.2, -0.15) is 0 Å². The molecular weight excluding hydrogens is 198 g/mol. The summed E-state index contributed by atoms with van der Waals surface area (Å²) in [5.74, 6) is 0. The molecule has 1 aliphatic rings. The van der Waals surface area contributed by atoms with Crippen molar-refractivity contribution in [3.63, 3.8) is 0 Å². The summed E-state index contributed by atoms with van der Waals surface area (Å²) >= 11 is 0. The van der Waals surface area contributed by atoms with Crippen molar-refractivity contribution in [2.75, 3.05) is 7.11 Å². The summed E-state index contributed by atoms with van der Waals surface area (Å²) in [6.45, 7) is 0. The van der Waals surface area contributed by atoms with Crippen LogP contribution in [0.5, 0.6) is 0 Å². The first-order valence-electron chi connectivity index (χ1n) is 6.09. The van der Waals surface area contributed by atoms with Crippen LogP contribution in [0.15, 0.2) is 30.3 Å². The van der Waals surface area contributed by atoms with Gasteiger partial charge in [-0.3, -0.25) is 0 Å². The minimum atomic E-state index is 0.0915. The van der Waals surface area contributed by atoms with Gasteiger partial charge in [-0.1, -0.05) is 30.3 Å². The Hall–Kier alpha value is -0.860. The highest BCUT2D eigenvalue weighted by atomic mass is 16.5. The van der Waals surface area contributed by atoms with Crippen molar-refractivity contribution in [3.8, 4) is 0 Å². The first-order valence-corrected chi connectivity index (χ1v) is 6.09. The second-order valence-corrected chi connectivity index (χ2v) is 4.89. The van der Waals surface area contributed by atoms with Gasteiger partial charge in [-0.25, -0.2) is 0 Å². The Labute approximate surface area is 97.8 Å². The molecule has 2 rings (SSSR count). The molecule has 2 nitrogen and oxygen atoms in total. The number of hydrogen-bond acceptors (Lipinski definition) is 2. The van der Waals surface area contributed by atoms with Gasteiger partial charge in [0.25, 0.3) is 0 Å². The van der Waals surface area contributed by atoms with Crippen LogP contribution in [0.25, 0.3) is 0 Å². The maximum atomic E-state index is 6.20. The molecule has 1 unspecified atom stereocenters. The molecule has 0 aromatic heterocycles. The van der Waals surface area contributed by atoms with Crippen LogP contribution in [0.1, 0.15) is 31.2 Å². The monoisotopic (exact) mass is 219 g/mol. The Morgan fingerprint density at radius 2 is 2.00 bits per heavy atom. The summed E-state index contributed by atoms with van der Waals surface area (Å²) in [5, 5.41) is 0. The molecule has 1 fully saturated rings. The van der Waals surface area contributed by atoms with Crippen molar-refractivity contribution in [1.29, 1.82) is 0 Å². The van der Waals surface area contributed by atoms with Crippen molar-refractivity contribution >= 4 is 0 Å². The predicted molar refractivity (Wildman–Crippen MR) is 66.3 cm³/mol. The first kappa shape index (κ1) is 11.6. The molecule has 1 aliphatic carbocycles. The van der Waals surface area contributed by atoms with Crippen LogP contribution in [0.3, 0.4) is 0 Å². The van der Waals surface area contributed by atoms with Crippen LogP contribution in [0.2, 0.25) is 0 Å². The van der Waals surface area contributed by atoms with Gasteiger partial charge in [0.2, 0.25) is 0 Å². The molecule has 0 radical (unpaired) electrons. The third-order valence-electron chi connectivity index (χ3n) is 3.67. The fourth-order valence-electron chi connectivity index (χ4n) is 2.53. The highest BCUT2D eigenvalue weighted by Gasteiger charge is 2.38. The maximum Gasteiger partial charge on any atom is 0.0693 e. The van der Waals surface area contributed by atoms with Crippen molar-refractivity contribution in [2.45, 2.75) is 43.7 Å². The highest BCUT2D eigenvalue weighted by molar-refractivity contribution is 5.16. The summed E-state index contributed by atoms with van der Waals surface area (Å²) < 4.78 is 5.60. The third kappa shape index (κ3) is 2.63. The molecule has 16 heavy (non-hydrogen) atoms. The van der Waals surface area contributed by atoms with E-state index in [0.717, 1.165) is 12.8 Å². The summed E-state index contributed by atoms with van der Waals surface area (Å²) in [5.41, 5.74) is 7.61. The molecule has 88 valence electrons. The van der Waals surface area contributed by atoms with E-state index in [1.807, 2.05) is 13.2 Å². The lowest BCUT2D eigenvalue weighted by Crippen LogP contribution is -2.44. The number of nitrogens with two attached hydrogens (primary N) is 1. The Bertz CT molecular complexity index is 313. The van der Waals surface area contributed by atoms with Crippen LogP contribution in [-0.2, 0) is 11.2 Å². The smallest absolute Gasteiger partial charge is 0.0693 e. The fourth-order valence-corrected chi connectivity index (χ4v) is 2.53. The standard InChI is InChI=1S/C14H21NO/c1-16-14(8-5-9-14)11-13(15)10-12-6-3-2-4-7-12/h2-4,6-7,13H,5,8-11,15H2,1H3. The minimum absolute atomic E-state index is 0.0915. The van der Waals surface area contributed by atoms with Crippen molar-refractivity contribution in [1.82, 2.24) is 0 Å². The van der Waals surface area contributed by atoms with E-state index in [4.69, 9.17) is 10.5 Å². The summed E-state index contributed by atoms with van der Waals surface area (Å²) in [6.07, 6.45) is 5.56.